The van der Waals surface area contributed by atoms with Crippen LogP contribution in [0.15, 0.2) is 12.3 Å². The minimum atomic E-state index is -0.914. The average molecular weight is 247 g/mol. The van der Waals surface area contributed by atoms with E-state index in [1.165, 1.54) is 0 Å². The number of aliphatic carboxylic acids is 1. The molecule has 0 aliphatic carbocycles. The van der Waals surface area contributed by atoms with E-state index in [1.807, 2.05) is 13.0 Å². The van der Waals surface area contributed by atoms with E-state index in [4.69, 9.17) is 9.84 Å². The first kappa shape index (κ1) is 11.2. The minimum Gasteiger partial charge on any atom is -0.479 e. The molecule has 3 rings (SSSR count). The average Bonchev–Trinajstić information content (AvgIpc) is 2.95. The van der Waals surface area contributed by atoms with Gasteiger partial charge in [-0.3, -0.25) is 0 Å². The lowest BCUT2D eigenvalue weighted by Gasteiger charge is -2.07. The lowest BCUT2D eigenvalue weighted by Crippen LogP contribution is -2.18. The van der Waals surface area contributed by atoms with E-state index in [-0.39, 0.29) is 6.10 Å². The van der Waals surface area contributed by atoms with Gasteiger partial charge in [0.1, 0.15) is 11.9 Å². The number of pyridine rings is 1. The van der Waals surface area contributed by atoms with E-state index >= 15 is 0 Å². The normalized spacial score (nSPS) is 23.6. The van der Waals surface area contributed by atoms with Crippen LogP contribution in [0.3, 0.4) is 0 Å². The standard InChI is InChI=1S/C12H13N3O3/c1-6-4-5-13-11-9(6)14-10(15-11)7-2-3-8(18-7)12(16)17/h4-5,7-8H,2-3H2,1H3,(H,16,17)(H,13,14,15). The van der Waals surface area contributed by atoms with Gasteiger partial charge in [-0.15, -0.1) is 0 Å². The van der Waals surface area contributed by atoms with Crippen molar-refractivity contribution < 1.29 is 14.6 Å². The molecule has 3 heterocycles. The second-order valence-electron chi connectivity index (χ2n) is 4.48. The summed E-state index contributed by atoms with van der Waals surface area (Å²) in [5, 5.41) is 8.89. The van der Waals surface area contributed by atoms with Crippen LogP contribution in [0.1, 0.15) is 30.3 Å². The van der Waals surface area contributed by atoms with Gasteiger partial charge < -0.3 is 14.8 Å². The molecule has 1 saturated heterocycles. The molecule has 1 aliphatic heterocycles. The van der Waals surface area contributed by atoms with Gasteiger partial charge in [-0.25, -0.2) is 14.8 Å². The molecule has 6 heteroatoms. The van der Waals surface area contributed by atoms with E-state index in [1.54, 1.807) is 6.20 Å². The van der Waals surface area contributed by atoms with Crippen LogP contribution in [0, 0.1) is 6.92 Å². The van der Waals surface area contributed by atoms with Gasteiger partial charge in [0.05, 0.1) is 5.52 Å². The van der Waals surface area contributed by atoms with Crippen molar-refractivity contribution in [3.8, 4) is 0 Å². The lowest BCUT2D eigenvalue weighted by molar-refractivity contribution is -0.149. The number of imidazole rings is 1. The van der Waals surface area contributed by atoms with Gasteiger partial charge in [0, 0.05) is 6.20 Å². The summed E-state index contributed by atoms with van der Waals surface area (Å²) < 4.78 is 5.46. The van der Waals surface area contributed by atoms with Gasteiger partial charge in [-0.2, -0.15) is 0 Å². The topological polar surface area (TPSA) is 88.1 Å². The number of aryl methyl sites for hydroxylation is 1. The molecule has 1 fully saturated rings. The Hall–Kier alpha value is -1.95. The summed E-state index contributed by atoms with van der Waals surface area (Å²) in [6.45, 7) is 1.97. The van der Waals surface area contributed by atoms with Crippen molar-refractivity contribution in [2.45, 2.75) is 32.0 Å². The monoisotopic (exact) mass is 247 g/mol. The maximum atomic E-state index is 10.8. The highest BCUT2D eigenvalue weighted by atomic mass is 16.5. The van der Waals surface area contributed by atoms with Crippen molar-refractivity contribution in [3.63, 3.8) is 0 Å². The van der Waals surface area contributed by atoms with Gasteiger partial charge in [0.25, 0.3) is 0 Å². The SMILES string of the molecule is Cc1ccnc2nc(C3CCC(C(=O)O)O3)[nH]c12. The lowest BCUT2D eigenvalue weighted by atomic mass is 10.2. The third kappa shape index (κ3) is 1.74. The summed E-state index contributed by atoms with van der Waals surface area (Å²) in [6, 6.07) is 1.90. The number of nitrogens with one attached hydrogen (secondary N) is 1. The Morgan fingerprint density at radius 1 is 1.56 bits per heavy atom. The second kappa shape index (κ2) is 4.06. The maximum Gasteiger partial charge on any atom is 0.332 e. The zero-order valence-electron chi connectivity index (χ0n) is 9.88. The molecule has 0 saturated carbocycles. The molecule has 2 aromatic heterocycles. The number of rotatable bonds is 2. The first-order valence-electron chi connectivity index (χ1n) is 5.84. The Kier molecular flexibility index (Phi) is 2.52. The number of aromatic amines is 1. The molecule has 2 aromatic rings. The Morgan fingerprint density at radius 2 is 2.39 bits per heavy atom. The van der Waals surface area contributed by atoms with Gasteiger partial charge in [-0.05, 0) is 31.4 Å². The zero-order chi connectivity index (χ0) is 12.7. The van der Waals surface area contributed by atoms with Crippen LogP contribution >= 0.6 is 0 Å². The number of carbonyl (C=O) groups is 1. The van der Waals surface area contributed by atoms with E-state index in [2.05, 4.69) is 15.0 Å². The summed E-state index contributed by atoms with van der Waals surface area (Å²) in [5.74, 6) is -0.251. The first-order valence-corrected chi connectivity index (χ1v) is 5.84. The molecule has 0 spiro atoms. The molecule has 0 radical (unpaired) electrons. The van der Waals surface area contributed by atoms with Crippen LogP contribution < -0.4 is 0 Å². The quantitative estimate of drug-likeness (QED) is 0.841. The van der Waals surface area contributed by atoms with Crippen LogP contribution in [0.5, 0.6) is 0 Å². The number of H-pyrrole nitrogens is 1. The van der Waals surface area contributed by atoms with E-state index in [0.717, 1.165) is 11.1 Å². The number of nitrogens with zero attached hydrogens (tertiary/aromatic N) is 2. The second-order valence-corrected chi connectivity index (χ2v) is 4.48. The number of ether oxygens (including phenoxy) is 1. The Balaban J connectivity index is 1.92. The van der Waals surface area contributed by atoms with Crippen molar-refractivity contribution in [1.82, 2.24) is 15.0 Å². The zero-order valence-corrected chi connectivity index (χ0v) is 9.88. The molecular formula is C12H13N3O3. The van der Waals surface area contributed by atoms with Crippen LogP contribution in [-0.2, 0) is 9.53 Å². The van der Waals surface area contributed by atoms with Gasteiger partial charge >= 0.3 is 5.97 Å². The summed E-state index contributed by atoms with van der Waals surface area (Å²) in [7, 11) is 0. The van der Waals surface area contributed by atoms with Crippen LogP contribution in [0.2, 0.25) is 0 Å². The molecule has 2 atom stereocenters. The van der Waals surface area contributed by atoms with E-state index < -0.39 is 12.1 Å². The smallest absolute Gasteiger partial charge is 0.332 e. The number of carboxylic acid groups (broad SMARTS) is 1. The number of hydrogen-bond donors (Lipinski definition) is 2. The molecule has 94 valence electrons. The van der Waals surface area contributed by atoms with Crippen LogP contribution in [0.4, 0.5) is 0 Å². The Labute approximate surface area is 103 Å². The van der Waals surface area contributed by atoms with Crippen LogP contribution in [0.25, 0.3) is 11.2 Å². The van der Waals surface area contributed by atoms with E-state index in [0.29, 0.717) is 24.3 Å². The molecule has 18 heavy (non-hydrogen) atoms. The molecule has 0 aromatic carbocycles. The van der Waals surface area contributed by atoms with Gasteiger partial charge in [0.15, 0.2) is 11.8 Å². The fraction of sp³-hybridized carbons (Fsp3) is 0.417. The van der Waals surface area contributed by atoms with E-state index in [9.17, 15) is 4.79 Å². The van der Waals surface area contributed by atoms with Crippen molar-refractivity contribution in [2.75, 3.05) is 0 Å². The molecule has 2 unspecified atom stereocenters. The molecule has 0 bridgehead atoms. The fourth-order valence-electron chi connectivity index (χ4n) is 2.23. The number of hydrogen-bond acceptors (Lipinski definition) is 4. The third-order valence-corrected chi connectivity index (χ3v) is 3.22. The molecule has 0 amide bonds. The molecule has 1 aliphatic rings. The van der Waals surface area contributed by atoms with Gasteiger partial charge in [-0.1, -0.05) is 0 Å². The molecule has 6 nitrogen and oxygen atoms in total. The minimum absolute atomic E-state index is 0.278. The number of aromatic nitrogens is 3. The highest BCUT2D eigenvalue weighted by Crippen LogP contribution is 2.32. The third-order valence-electron chi connectivity index (χ3n) is 3.22. The van der Waals surface area contributed by atoms with Crippen LogP contribution in [-0.4, -0.2) is 32.1 Å². The summed E-state index contributed by atoms with van der Waals surface area (Å²) in [6.07, 6.45) is 1.88. The fourth-order valence-corrected chi connectivity index (χ4v) is 2.23. The van der Waals surface area contributed by atoms with Gasteiger partial charge in [0.2, 0.25) is 0 Å². The van der Waals surface area contributed by atoms with Crippen molar-refractivity contribution in [2.24, 2.45) is 0 Å². The largest absolute Gasteiger partial charge is 0.479 e. The van der Waals surface area contributed by atoms with Crippen molar-refractivity contribution in [1.29, 1.82) is 0 Å². The Bertz CT molecular complexity index is 608. The number of carboxylic acids is 1. The number of fused-ring (bicyclic) bond motifs is 1. The highest BCUT2D eigenvalue weighted by molar-refractivity contribution is 5.74. The predicted octanol–water partition coefficient (Wildman–Crippen LogP) is 1.57. The summed E-state index contributed by atoms with van der Waals surface area (Å²) >= 11 is 0. The first-order chi connectivity index (χ1) is 8.65. The summed E-state index contributed by atoms with van der Waals surface area (Å²) in [4.78, 5) is 22.5. The summed E-state index contributed by atoms with van der Waals surface area (Å²) in [5.41, 5.74) is 2.59. The maximum absolute atomic E-state index is 10.8. The molecular weight excluding hydrogens is 234 g/mol. The predicted molar refractivity (Wildman–Crippen MR) is 63.1 cm³/mol. The van der Waals surface area contributed by atoms with Crippen molar-refractivity contribution in [3.05, 3.63) is 23.7 Å². The van der Waals surface area contributed by atoms with Crippen molar-refractivity contribution >= 4 is 17.1 Å². The highest BCUT2D eigenvalue weighted by Gasteiger charge is 2.33. The Morgan fingerprint density at radius 3 is 3.06 bits per heavy atom. The molecule has 2 N–H and O–H groups in total.